The fraction of sp³-hybridized carbons (Fsp3) is 0.143. The van der Waals surface area contributed by atoms with Crippen LogP contribution in [-0.2, 0) is 0 Å². The van der Waals surface area contributed by atoms with E-state index in [0.29, 0.717) is 23.7 Å². The Morgan fingerprint density at radius 2 is 1.77 bits per heavy atom. The third kappa shape index (κ3) is 4.39. The number of nitrogens with zero attached hydrogens (tertiary/aromatic N) is 1. The van der Waals surface area contributed by atoms with Crippen LogP contribution in [0.5, 0.6) is 5.75 Å². The number of aryl methyl sites for hydroxylation is 1. The van der Waals surface area contributed by atoms with Crippen molar-refractivity contribution in [2.45, 2.75) is 13.8 Å². The lowest BCUT2D eigenvalue weighted by atomic mass is 10.1. The first-order chi connectivity index (χ1) is 12.7. The molecule has 0 saturated carbocycles. The van der Waals surface area contributed by atoms with Crippen molar-refractivity contribution in [1.82, 2.24) is 4.98 Å². The minimum Gasteiger partial charge on any atom is -0.492 e. The van der Waals surface area contributed by atoms with Gasteiger partial charge >= 0.3 is 6.03 Å². The van der Waals surface area contributed by atoms with E-state index in [9.17, 15) is 4.79 Å². The van der Waals surface area contributed by atoms with Crippen molar-refractivity contribution in [1.29, 1.82) is 0 Å². The van der Waals surface area contributed by atoms with Gasteiger partial charge < -0.3 is 15.4 Å². The molecule has 0 bridgehead atoms. The standard InChI is InChI=1S/C21H21N3O2/c1-3-26-20-7-5-4-6-19(20)24-21(25)23-18-10-8-16(9-11-18)17-12-13-22-15(2)14-17/h4-14H,3H2,1-2H3,(H2,23,24,25). The molecule has 3 rings (SSSR count). The number of benzene rings is 2. The van der Waals surface area contributed by atoms with Crippen LogP contribution in [0, 0.1) is 6.92 Å². The van der Waals surface area contributed by atoms with Crippen LogP contribution < -0.4 is 15.4 Å². The summed E-state index contributed by atoms with van der Waals surface area (Å²) < 4.78 is 5.51. The SMILES string of the molecule is CCOc1ccccc1NC(=O)Nc1ccc(-c2ccnc(C)c2)cc1. The number of rotatable bonds is 5. The monoisotopic (exact) mass is 347 g/mol. The van der Waals surface area contributed by atoms with E-state index in [1.165, 1.54) is 0 Å². The molecule has 2 aromatic carbocycles. The molecule has 26 heavy (non-hydrogen) atoms. The highest BCUT2D eigenvalue weighted by Crippen LogP contribution is 2.24. The van der Waals surface area contributed by atoms with Crippen molar-refractivity contribution in [3.63, 3.8) is 0 Å². The minimum absolute atomic E-state index is 0.315. The molecule has 1 heterocycles. The number of aromatic nitrogens is 1. The fourth-order valence-electron chi connectivity index (χ4n) is 2.61. The molecule has 0 radical (unpaired) electrons. The van der Waals surface area contributed by atoms with E-state index in [1.54, 1.807) is 12.3 Å². The predicted molar refractivity (Wildman–Crippen MR) is 105 cm³/mol. The molecule has 3 aromatic rings. The second kappa shape index (κ2) is 8.16. The summed E-state index contributed by atoms with van der Waals surface area (Å²) >= 11 is 0. The molecule has 1 aromatic heterocycles. The summed E-state index contributed by atoms with van der Waals surface area (Å²) in [5, 5.41) is 5.65. The van der Waals surface area contributed by atoms with Gasteiger partial charge in [0.15, 0.2) is 0 Å². The molecular weight excluding hydrogens is 326 g/mol. The Balaban J connectivity index is 1.67. The van der Waals surface area contributed by atoms with Gasteiger partial charge in [0.05, 0.1) is 12.3 Å². The number of pyridine rings is 1. The van der Waals surface area contributed by atoms with E-state index in [-0.39, 0.29) is 6.03 Å². The summed E-state index contributed by atoms with van der Waals surface area (Å²) in [4.78, 5) is 16.5. The van der Waals surface area contributed by atoms with E-state index in [0.717, 1.165) is 16.8 Å². The van der Waals surface area contributed by atoms with Crippen LogP contribution in [-0.4, -0.2) is 17.6 Å². The van der Waals surface area contributed by atoms with Crippen molar-refractivity contribution in [2.75, 3.05) is 17.2 Å². The highest BCUT2D eigenvalue weighted by Gasteiger charge is 2.07. The lowest BCUT2D eigenvalue weighted by molar-refractivity contribution is 0.262. The summed E-state index contributed by atoms with van der Waals surface area (Å²) in [6.07, 6.45) is 1.79. The maximum atomic E-state index is 12.3. The van der Waals surface area contributed by atoms with Crippen LogP contribution in [0.4, 0.5) is 16.2 Å². The van der Waals surface area contributed by atoms with Crippen LogP contribution >= 0.6 is 0 Å². The number of para-hydroxylation sites is 2. The largest absolute Gasteiger partial charge is 0.492 e. The first-order valence-electron chi connectivity index (χ1n) is 8.48. The number of anilines is 2. The maximum Gasteiger partial charge on any atom is 0.323 e. The number of nitrogens with one attached hydrogen (secondary N) is 2. The van der Waals surface area contributed by atoms with Crippen molar-refractivity contribution in [2.24, 2.45) is 0 Å². The number of carbonyl (C=O) groups is 1. The molecule has 2 amide bonds. The van der Waals surface area contributed by atoms with E-state index >= 15 is 0 Å². The first kappa shape index (κ1) is 17.5. The van der Waals surface area contributed by atoms with Crippen LogP contribution in [0.15, 0.2) is 66.9 Å². The molecule has 5 nitrogen and oxygen atoms in total. The molecular formula is C21H21N3O2. The van der Waals surface area contributed by atoms with E-state index in [4.69, 9.17) is 4.74 Å². The summed E-state index contributed by atoms with van der Waals surface area (Å²) in [6.45, 7) is 4.41. The van der Waals surface area contributed by atoms with Gasteiger partial charge in [0.2, 0.25) is 0 Å². The number of carbonyl (C=O) groups excluding carboxylic acids is 1. The molecule has 2 N–H and O–H groups in total. The minimum atomic E-state index is -0.315. The van der Waals surface area contributed by atoms with Gasteiger partial charge in [-0.25, -0.2) is 4.79 Å². The normalized spacial score (nSPS) is 10.2. The van der Waals surface area contributed by atoms with Gasteiger partial charge in [-0.3, -0.25) is 4.98 Å². The van der Waals surface area contributed by atoms with Crippen LogP contribution in [0.1, 0.15) is 12.6 Å². The number of hydrogen-bond acceptors (Lipinski definition) is 3. The zero-order valence-corrected chi connectivity index (χ0v) is 14.8. The zero-order chi connectivity index (χ0) is 18.4. The smallest absolute Gasteiger partial charge is 0.323 e. The fourth-order valence-corrected chi connectivity index (χ4v) is 2.61. The quantitative estimate of drug-likeness (QED) is 0.675. The molecule has 0 aliphatic heterocycles. The molecule has 0 unspecified atom stereocenters. The Kier molecular flexibility index (Phi) is 5.49. The Morgan fingerprint density at radius 3 is 2.50 bits per heavy atom. The van der Waals surface area contributed by atoms with Crippen molar-refractivity contribution < 1.29 is 9.53 Å². The molecule has 0 fully saturated rings. The van der Waals surface area contributed by atoms with Gasteiger partial charge in [0, 0.05) is 17.6 Å². The molecule has 0 spiro atoms. The van der Waals surface area contributed by atoms with E-state index < -0.39 is 0 Å². The van der Waals surface area contributed by atoms with Gasteiger partial charge in [-0.2, -0.15) is 0 Å². The Morgan fingerprint density at radius 1 is 1.00 bits per heavy atom. The van der Waals surface area contributed by atoms with Crippen LogP contribution in [0.3, 0.4) is 0 Å². The van der Waals surface area contributed by atoms with E-state index in [1.807, 2.05) is 68.4 Å². The molecule has 0 saturated heterocycles. The van der Waals surface area contributed by atoms with Gasteiger partial charge in [-0.05, 0) is 61.4 Å². The number of amides is 2. The summed E-state index contributed by atoms with van der Waals surface area (Å²) in [7, 11) is 0. The first-order valence-corrected chi connectivity index (χ1v) is 8.48. The second-order valence-corrected chi connectivity index (χ2v) is 5.77. The van der Waals surface area contributed by atoms with Gasteiger partial charge in [-0.1, -0.05) is 24.3 Å². The second-order valence-electron chi connectivity index (χ2n) is 5.77. The Labute approximate surface area is 153 Å². The summed E-state index contributed by atoms with van der Waals surface area (Å²) in [5.41, 5.74) is 4.49. The Bertz CT molecular complexity index is 892. The van der Waals surface area contributed by atoms with Crippen molar-refractivity contribution >= 4 is 17.4 Å². The molecule has 132 valence electrons. The van der Waals surface area contributed by atoms with Crippen molar-refractivity contribution in [3.8, 4) is 16.9 Å². The number of ether oxygens (including phenoxy) is 1. The summed E-state index contributed by atoms with van der Waals surface area (Å²) in [6, 6.07) is 18.7. The highest BCUT2D eigenvalue weighted by molar-refractivity contribution is 6.00. The topological polar surface area (TPSA) is 63.2 Å². The van der Waals surface area contributed by atoms with Gasteiger partial charge in [-0.15, -0.1) is 0 Å². The highest BCUT2D eigenvalue weighted by atomic mass is 16.5. The molecule has 5 heteroatoms. The average Bonchev–Trinajstić information content (AvgIpc) is 2.64. The lowest BCUT2D eigenvalue weighted by Gasteiger charge is -2.12. The molecule has 0 atom stereocenters. The maximum absolute atomic E-state index is 12.3. The molecule has 0 aliphatic carbocycles. The molecule has 0 aliphatic rings. The third-order valence-corrected chi connectivity index (χ3v) is 3.81. The lowest BCUT2D eigenvalue weighted by Crippen LogP contribution is -2.19. The van der Waals surface area contributed by atoms with Crippen LogP contribution in [0.2, 0.25) is 0 Å². The zero-order valence-electron chi connectivity index (χ0n) is 14.8. The number of urea groups is 1. The third-order valence-electron chi connectivity index (χ3n) is 3.81. The Hall–Kier alpha value is -3.34. The van der Waals surface area contributed by atoms with E-state index in [2.05, 4.69) is 15.6 Å². The average molecular weight is 347 g/mol. The summed E-state index contributed by atoms with van der Waals surface area (Å²) in [5.74, 6) is 0.647. The van der Waals surface area contributed by atoms with Crippen molar-refractivity contribution in [3.05, 3.63) is 72.6 Å². The van der Waals surface area contributed by atoms with Gasteiger partial charge in [0.25, 0.3) is 0 Å². The van der Waals surface area contributed by atoms with Crippen LogP contribution in [0.25, 0.3) is 11.1 Å². The van der Waals surface area contributed by atoms with Gasteiger partial charge in [0.1, 0.15) is 5.75 Å². The number of hydrogen-bond donors (Lipinski definition) is 2. The predicted octanol–water partition coefficient (Wildman–Crippen LogP) is 5.10.